The summed E-state index contributed by atoms with van der Waals surface area (Å²) >= 11 is 0. The number of carbonyl (C=O) groups is 6. The fourth-order valence-corrected chi connectivity index (χ4v) is 0.115. The molecule has 0 saturated heterocycles. The second kappa shape index (κ2) is 48.9. The average Bonchev–Trinajstić information content (AvgIpc) is 2.64. The minimum Gasteiger partial charge on any atom is -0.481 e. The molecule has 0 spiro atoms. The Morgan fingerprint density at radius 3 is 0.444 bits per heavy atom. The van der Waals surface area contributed by atoms with Crippen molar-refractivity contribution in [3.8, 4) is 0 Å². The number of hydrogen-bond donors (Lipinski definition) is 12. The van der Waals surface area contributed by atoms with Crippen LogP contribution in [0.5, 0.6) is 0 Å². The van der Waals surface area contributed by atoms with Crippen molar-refractivity contribution in [3.05, 3.63) is 0 Å². The predicted molar refractivity (Wildman–Crippen MR) is 120 cm³/mol. The highest BCUT2D eigenvalue weighted by Crippen LogP contribution is 1.72. The van der Waals surface area contributed by atoms with Gasteiger partial charge in [0.25, 0.3) is 35.8 Å². The van der Waals surface area contributed by atoms with E-state index in [1.807, 2.05) is 0 Å². The highest BCUT2D eigenvalue weighted by Gasteiger charge is 1.94. The molecule has 0 aromatic carbocycles. The first-order chi connectivity index (χ1) is 16.0. The third-order valence-corrected chi connectivity index (χ3v) is 0.843. The first-order valence-electron chi connectivity index (χ1n) is 8.98. The molecule has 0 atom stereocenters. The first-order valence-corrected chi connectivity index (χ1v) is 8.98. The van der Waals surface area contributed by atoms with E-state index in [2.05, 4.69) is 0 Å². The van der Waals surface area contributed by atoms with Gasteiger partial charge in [-0.3, -0.25) is 28.8 Å². The molecular weight excluding hydrogens is 504 g/mol. The molecule has 0 radical (unpaired) electrons. The molecule has 0 saturated carbocycles. The van der Waals surface area contributed by atoms with E-state index >= 15 is 0 Å². The Labute approximate surface area is 206 Å². The van der Waals surface area contributed by atoms with E-state index in [1.165, 1.54) is 0 Å². The van der Waals surface area contributed by atoms with Crippen LogP contribution in [-0.4, -0.2) is 136 Å². The molecular formula is C18H40O18. The van der Waals surface area contributed by atoms with Gasteiger partial charge in [0.05, 0.1) is 26.4 Å². The number of carboxylic acids is 6. The maximum absolute atomic E-state index is 9.00. The molecule has 0 aromatic rings. The molecule has 0 aliphatic rings. The fraction of sp³-hybridized carbons (Fsp3) is 0.667. The van der Waals surface area contributed by atoms with Gasteiger partial charge in [-0.25, -0.2) is 0 Å². The summed E-state index contributed by atoms with van der Waals surface area (Å²) in [5.74, 6) is -5.00. The molecule has 0 aliphatic heterocycles. The minimum atomic E-state index is -0.954. The lowest BCUT2D eigenvalue weighted by molar-refractivity contribution is -0.135. The van der Waals surface area contributed by atoms with Gasteiger partial charge in [-0.1, -0.05) is 0 Å². The molecule has 0 unspecified atom stereocenters. The third kappa shape index (κ3) is 1280. The van der Waals surface area contributed by atoms with Crippen LogP contribution in [0.2, 0.25) is 0 Å². The number of aliphatic carboxylic acids is 6. The highest BCUT2D eigenvalue weighted by molar-refractivity contribution is 5.64. The molecule has 36 heavy (non-hydrogen) atoms. The highest BCUT2D eigenvalue weighted by atomic mass is 16.4. The number of hydrogen-bond acceptors (Lipinski definition) is 12. The van der Waals surface area contributed by atoms with Crippen LogP contribution in [-0.2, 0) is 28.8 Å². The molecule has 18 nitrogen and oxygen atoms in total. The summed E-state index contributed by atoms with van der Waals surface area (Å²) in [6, 6.07) is 0. The van der Waals surface area contributed by atoms with Gasteiger partial charge in [-0.15, -0.1) is 0 Å². The summed E-state index contributed by atoms with van der Waals surface area (Å²) in [6.45, 7) is 5.04. The monoisotopic (exact) mass is 544 g/mol. The standard InChI is InChI=1S/2C3H8O3.6C2H4O2/c2*4-1-3(6)2-5;6*1-2(3)4/h2*3-6H,1-2H2;6*1H3,(H,3,4). The third-order valence-electron chi connectivity index (χ3n) is 0.843. The zero-order chi connectivity index (χ0) is 31.4. The molecule has 0 aromatic heterocycles. The largest absolute Gasteiger partial charge is 0.481 e. The van der Waals surface area contributed by atoms with Gasteiger partial charge in [0.1, 0.15) is 12.2 Å². The van der Waals surface area contributed by atoms with E-state index in [1.54, 1.807) is 0 Å². The average molecular weight is 545 g/mol. The van der Waals surface area contributed by atoms with Gasteiger partial charge >= 0.3 is 0 Å². The Balaban J connectivity index is -0.0000000418. The van der Waals surface area contributed by atoms with Crippen molar-refractivity contribution in [2.75, 3.05) is 26.4 Å². The van der Waals surface area contributed by atoms with E-state index in [9.17, 15) is 0 Å². The number of aliphatic hydroxyl groups is 6. The summed E-state index contributed by atoms with van der Waals surface area (Å²) in [6.07, 6.45) is -1.91. The molecule has 0 bridgehead atoms. The van der Waals surface area contributed by atoms with Crippen molar-refractivity contribution >= 4 is 35.8 Å². The minimum absolute atomic E-state index is 0.365. The van der Waals surface area contributed by atoms with Crippen LogP contribution in [0.4, 0.5) is 0 Å². The van der Waals surface area contributed by atoms with Crippen LogP contribution in [0.1, 0.15) is 41.5 Å². The van der Waals surface area contributed by atoms with Gasteiger partial charge in [0.15, 0.2) is 0 Å². The maximum atomic E-state index is 9.00. The molecule has 0 aliphatic carbocycles. The van der Waals surface area contributed by atoms with E-state index < -0.39 is 48.0 Å². The molecule has 0 amide bonds. The normalized spacial score (nSPS) is 7.50. The Morgan fingerprint density at radius 2 is 0.444 bits per heavy atom. The van der Waals surface area contributed by atoms with Crippen LogP contribution in [0.3, 0.4) is 0 Å². The fourth-order valence-electron chi connectivity index (χ4n) is 0.115. The van der Waals surface area contributed by atoms with Gasteiger partial charge in [-0.2, -0.15) is 0 Å². The number of carboxylic acid groups (broad SMARTS) is 6. The Morgan fingerprint density at radius 1 is 0.389 bits per heavy atom. The van der Waals surface area contributed by atoms with Gasteiger partial charge in [0.2, 0.25) is 0 Å². The van der Waals surface area contributed by atoms with Crippen molar-refractivity contribution in [1.82, 2.24) is 0 Å². The molecule has 0 fully saturated rings. The van der Waals surface area contributed by atoms with Crippen molar-refractivity contribution in [2.24, 2.45) is 0 Å². The first kappa shape index (κ1) is 53.8. The van der Waals surface area contributed by atoms with Gasteiger partial charge < -0.3 is 61.3 Å². The second-order valence-corrected chi connectivity index (χ2v) is 5.15. The molecule has 220 valence electrons. The summed E-state index contributed by atoms with van der Waals surface area (Å²) in [4.78, 5) is 54.0. The lowest BCUT2D eigenvalue weighted by atomic mass is 10.4. The van der Waals surface area contributed by atoms with E-state index in [4.69, 9.17) is 90.0 Å². The predicted octanol–water partition coefficient (Wildman–Crippen LogP) is -2.79. The lowest BCUT2D eigenvalue weighted by Gasteiger charge is -1.96. The Kier molecular flexibility index (Phi) is 73.0. The van der Waals surface area contributed by atoms with E-state index in [0.29, 0.717) is 0 Å². The zero-order valence-electron chi connectivity index (χ0n) is 20.8. The van der Waals surface area contributed by atoms with Crippen LogP contribution in [0.15, 0.2) is 0 Å². The molecule has 12 N–H and O–H groups in total. The SMILES string of the molecule is CC(=O)O.CC(=O)O.CC(=O)O.CC(=O)O.CC(=O)O.CC(=O)O.OCC(O)CO.OCC(O)CO. The summed E-state index contributed by atoms with van der Waals surface area (Å²) in [5, 5.41) is 92.5. The van der Waals surface area contributed by atoms with Crippen molar-refractivity contribution in [1.29, 1.82) is 0 Å². The van der Waals surface area contributed by atoms with Crippen molar-refractivity contribution < 1.29 is 90.0 Å². The topological polar surface area (TPSA) is 345 Å². The molecule has 0 heterocycles. The zero-order valence-corrected chi connectivity index (χ0v) is 20.8. The lowest BCUT2D eigenvalue weighted by Crippen LogP contribution is -2.15. The summed E-state index contributed by atoms with van der Waals surface area (Å²) in [7, 11) is 0. The van der Waals surface area contributed by atoms with Crippen LogP contribution in [0.25, 0.3) is 0 Å². The Bertz CT molecular complexity index is 385. The van der Waals surface area contributed by atoms with Crippen molar-refractivity contribution in [2.45, 2.75) is 53.8 Å². The van der Waals surface area contributed by atoms with Gasteiger partial charge in [-0.05, 0) is 0 Å². The van der Waals surface area contributed by atoms with Crippen LogP contribution >= 0.6 is 0 Å². The number of rotatable bonds is 4. The summed E-state index contributed by atoms with van der Waals surface area (Å²) < 4.78 is 0. The van der Waals surface area contributed by atoms with Crippen molar-refractivity contribution in [3.63, 3.8) is 0 Å². The van der Waals surface area contributed by atoms with Crippen LogP contribution in [0, 0.1) is 0 Å². The quantitative estimate of drug-likeness (QED) is 0.170. The summed E-state index contributed by atoms with van der Waals surface area (Å²) in [5.41, 5.74) is 0. The maximum Gasteiger partial charge on any atom is 0.300 e. The smallest absolute Gasteiger partial charge is 0.300 e. The molecule has 18 heteroatoms. The second-order valence-electron chi connectivity index (χ2n) is 5.15. The number of aliphatic hydroxyl groups excluding tert-OH is 6. The van der Waals surface area contributed by atoms with E-state index in [-0.39, 0.29) is 26.4 Å². The van der Waals surface area contributed by atoms with Crippen LogP contribution < -0.4 is 0 Å². The molecule has 0 rings (SSSR count). The van der Waals surface area contributed by atoms with E-state index in [0.717, 1.165) is 41.5 Å². The van der Waals surface area contributed by atoms with Gasteiger partial charge in [0, 0.05) is 41.5 Å². The Hall–Kier alpha value is -3.42.